The van der Waals surface area contributed by atoms with Gasteiger partial charge >= 0.3 is 6.03 Å². The van der Waals surface area contributed by atoms with Gasteiger partial charge in [-0.25, -0.2) is 4.79 Å². The second-order valence-corrected chi connectivity index (χ2v) is 6.86. The van der Waals surface area contributed by atoms with Crippen molar-refractivity contribution in [3.63, 3.8) is 0 Å². The Bertz CT molecular complexity index is 657. The summed E-state index contributed by atoms with van der Waals surface area (Å²) in [5, 5.41) is 5.38. The summed E-state index contributed by atoms with van der Waals surface area (Å²) in [6.45, 7) is 5.51. The summed E-state index contributed by atoms with van der Waals surface area (Å²) in [6.07, 6.45) is 1.36. The molecular weight excluding hydrogens is 322 g/mol. The van der Waals surface area contributed by atoms with Crippen molar-refractivity contribution in [3.8, 4) is 5.75 Å². The predicted octanol–water partition coefficient (Wildman–Crippen LogP) is 2.38. The minimum atomic E-state index is -0.943. The number of carbonyl (C=O) groups excluding carboxylic acids is 3. The molecule has 7 nitrogen and oxygen atoms in total. The fourth-order valence-electron chi connectivity index (χ4n) is 2.66. The summed E-state index contributed by atoms with van der Waals surface area (Å²) >= 11 is 0. The molecule has 4 amide bonds. The topological polar surface area (TPSA) is 87.7 Å². The van der Waals surface area contributed by atoms with E-state index in [1.165, 1.54) is 0 Å². The molecule has 0 spiro atoms. The standard InChI is InChI=1S/C18H25N3O4/c1-12(2)9-10-18(3)16(23)21(17(24)20-18)11-15(22)19-13-5-7-14(25-4)8-6-13/h5-8,12H,9-11H2,1-4H3,(H,19,22)(H,20,24). The van der Waals surface area contributed by atoms with Crippen LogP contribution in [0, 0.1) is 5.92 Å². The van der Waals surface area contributed by atoms with Crippen LogP contribution in [0.3, 0.4) is 0 Å². The highest BCUT2D eigenvalue weighted by molar-refractivity contribution is 6.09. The van der Waals surface area contributed by atoms with Crippen LogP contribution in [0.2, 0.25) is 0 Å². The van der Waals surface area contributed by atoms with Crippen molar-refractivity contribution in [2.45, 2.75) is 39.2 Å². The van der Waals surface area contributed by atoms with Crippen LogP contribution in [-0.4, -0.2) is 41.9 Å². The number of nitrogens with zero attached hydrogens (tertiary/aromatic N) is 1. The molecule has 25 heavy (non-hydrogen) atoms. The molecule has 1 aromatic carbocycles. The molecule has 1 aliphatic rings. The SMILES string of the molecule is COc1ccc(NC(=O)CN2C(=O)NC(C)(CCC(C)C)C2=O)cc1. The number of rotatable bonds is 7. The lowest BCUT2D eigenvalue weighted by molar-refractivity contribution is -0.133. The highest BCUT2D eigenvalue weighted by atomic mass is 16.5. The van der Waals surface area contributed by atoms with Crippen molar-refractivity contribution in [2.75, 3.05) is 19.0 Å². The largest absolute Gasteiger partial charge is 0.497 e. The molecule has 0 aliphatic carbocycles. The van der Waals surface area contributed by atoms with Gasteiger partial charge in [0.2, 0.25) is 5.91 Å². The van der Waals surface area contributed by atoms with Gasteiger partial charge in [-0.05, 0) is 49.9 Å². The molecular formula is C18H25N3O4. The number of ether oxygens (including phenoxy) is 1. The average Bonchev–Trinajstić information content (AvgIpc) is 2.77. The Hall–Kier alpha value is -2.57. The lowest BCUT2D eigenvalue weighted by atomic mass is 9.92. The van der Waals surface area contributed by atoms with E-state index < -0.39 is 17.5 Å². The summed E-state index contributed by atoms with van der Waals surface area (Å²) in [6, 6.07) is 6.28. The maximum absolute atomic E-state index is 12.6. The maximum Gasteiger partial charge on any atom is 0.325 e. The monoisotopic (exact) mass is 347 g/mol. The number of urea groups is 1. The number of amides is 4. The number of imide groups is 1. The zero-order chi connectivity index (χ0) is 18.6. The van der Waals surface area contributed by atoms with Gasteiger partial charge in [-0.3, -0.25) is 14.5 Å². The Labute approximate surface area is 147 Å². The van der Waals surface area contributed by atoms with Crippen LogP contribution in [0.5, 0.6) is 5.75 Å². The Morgan fingerprint density at radius 1 is 1.28 bits per heavy atom. The van der Waals surface area contributed by atoms with Crippen LogP contribution in [0.1, 0.15) is 33.6 Å². The summed E-state index contributed by atoms with van der Waals surface area (Å²) in [7, 11) is 1.56. The van der Waals surface area contributed by atoms with Crippen molar-refractivity contribution in [1.82, 2.24) is 10.2 Å². The third kappa shape index (κ3) is 4.49. The minimum Gasteiger partial charge on any atom is -0.497 e. The first-order valence-corrected chi connectivity index (χ1v) is 8.33. The molecule has 1 unspecified atom stereocenters. The van der Waals surface area contributed by atoms with Crippen molar-refractivity contribution in [1.29, 1.82) is 0 Å². The smallest absolute Gasteiger partial charge is 0.325 e. The molecule has 1 atom stereocenters. The quantitative estimate of drug-likeness (QED) is 0.741. The van der Waals surface area contributed by atoms with Gasteiger partial charge in [0, 0.05) is 5.69 Å². The van der Waals surface area contributed by atoms with Crippen molar-refractivity contribution in [2.24, 2.45) is 5.92 Å². The molecule has 1 aromatic rings. The number of carbonyl (C=O) groups is 3. The first kappa shape index (κ1) is 18.8. The van der Waals surface area contributed by atoms with E-state index >= 15 is 0 Å². The second kappa shape index (κ2) is 7.55. The highest BCUT2D eigenvalue weighted by Crippen LogP contribution is 2.24. The Balaban J connectivity index is 1.97. The Kier molecular flexibility index (Phi) is 5.66. The summed E-state index contributed by atoms with van der Waals surface area (Å²) in [5.74, 6) is 0.312. The molecule has 7 heteroatoms. The third-order valence-corrected chi connectivity index (χ3v) is 4.24. The first-order valence-electron chi connectivity index (χ1n) is 8.33. The van der Waals surface area contributed by atoms with Crippen molar-refractivity contribution >= 4 is 23.5 Å². The van der Waals surface area contributed by atoms with Gasteiger partial charge in [-0.1, -0.05) is 13.8 Å². The summed E-state index contributed by atoms with van der Waals surface area (Å²) in [4.78, 5) is 37.8. The van der Waals surface area contributed by atoms with Gasteiger partial charge in [0.15, 0.2) is 0 Å². The van der Waals surface area contributed by atoms with E-state index in [2.05, 4.69) is 24.5 Å². The second-order valence-electron chi connectivity index (χ2n) is 6.86. The van der Waals surface area contributed by atoms with Gasteiger partial charge in [-0.15, -0.1) is 0 Å². The summed E-state index contributed by atoms with van der Waals surface area (Å²) < 4.78 is 5.05. The molecule has 1 fully saturated rings. The van der Waals surface area contributed by atoms with Gasteiger partial charge < -0.3 is 15.4 Å². The number of hydrogen-bond acceptors (Lipinski definition) is 4. The molecule has 2 rings (SSSR count). The van der Waals surface area contributed by atoms with E-state index in [0.29, 0.717) is 23.8 Å². The van der Waals surface area contributed by atoms with Crippen LogP contribution < -0.4 is 15.4 Å². The number of nitrogens with one attached hydrogen (secondary N) is 2. The van der Waals surface area contributed by atoms with Crippen molar-refractivity contribution in [3.05, 3.63) is 24.3 Å². The molecule has 0 saturated carbocycles. The van der Waals surface area contributed by atoms with E-state index in [-0.39, 0.29) is 12.5 Å². The zero-order valence-electron chi connectivity index (χ0n) is 15.1. The van der Waals surface area contributed by atoms with Crippen LogP contribution in [0.15, 0.2) is 24.3 Å². The fourth-order valence-corrected chi connectivity index (χ4v) is 2.66. The molecule has 1 saturated heterocycles. The van der Waals surface area contributed by atoms with E-state index in [9.17, 15) is 14.4 Å². The van der Waals surface area contributed by atoms with Gasteiger partial charge in [-0.2, -0.15) is 0 Å². The third-order valence-electron chi connectivity index (χ3n) is 4.24. The number of anilines is 1. The van der Waals surface area contributed by atoms with E-state index in [1.54, 1.807) is 38.3 Å². The number of hydrogen-bond donors (Lipinski definition) is 2. The molecule has 0 aromatic heterocycles. The molecule has 136 valence electrons. The van der Waals surface area contributed by atoms with Crippen LogP contribution in [0.25, 0.3) is 0 Å². The fraction of sp³-hybridized carbons (Fsp3) is 0.500. The van der Waals surface area contributed by atoms with E-state index in [1.807, 2.05) is 0 Å². The molecule has 1 aliphatic heterocycles. The zero-order valence-corrected chi connectivity index (χ0v) is 15.1. The lowest BCUT2D eigenvalue weighted by Gasteiger charge is -2.22. The van der Waals surface area contributed by atoms with Crippen LogP contribution in [-0.2, 0) is 9.59 Å². The molecule has 1 heterocycles. The molecule has 2 N–H and O–H groups in total. The van der Waals surface area contributed by atoms with Crippen molar-refractivity contribution < 1.29 is 19.1 Å². The Morgan fingerprint density at radius 2 is 1.92 bits per heavy atom. The highest BCUT2D eigenvalue weighted by Gasteiger charge is 2.47. The van der Waals surface area contributed by atoms with E-state index in [4.69, 9.17) is 4.74 Å². The van der Waals surface area contributed by atoms with Gasteiger partial charge in [0.05, 0.1) is 7.11 Å². The number of methoxy groups -OCH3 is 1. The maximum atomic E-state index is 12.6. The van der Waals surface area contributed by atoms with Gasteiger partial charge in [0.1, 0.15) is 17.8 Å². The van der Waals surface area contributed by atoms with Crippen LogP contribution >= 0.6 is 0 Å². The van der Waals surface area contributed by atoms with E-state index in [0.717, 1.165) is 11.3 Å². The Morgan fingerprint density at radius 3 is 2.48 bits per heavy atom. The first-order chi connectivity index (χ1) is 11.7. The van der Waals surface area contributed by atoms with Gasteiger partial charge in [0.25, 0.3) is 5.91 Å². The average molecular weight is 347 g/mol. The summed E-state index contributed by atoms with van der Waals surface area (Å²) in [5.41, 5.74) is -0.373. The van der Waals surface area contributed by atoms with Crippen LogP contribution in [0.4, 0.5) is 10.5 Å². The molecule has 0 radical (unpaired) electrons. The molecule has 0 bridgehead atoms. The predicted molar refractivity (Wildman–Crippen MR) is 94.3 cm³/mol. The normalized spacial score (nSPS) is 20.0. The number of benzene rings is 1. The minimum absolute atomic E-state index is 0.312. The lowest BCUT2D eigenvalue weighted by Crippen LogP contribution is -2.44.